The molecular weight excluding hydrogens is 369 g/mol. The average Bonchev–Trinajstić information content (AvgIpc) is 2.70. The van der Waals surface area contributed by atoms with Crippen molar-refractivity contribution in [1.29, 1.82) is 0 Å². The van der Waals surface area contributed by atoms with E-state index < -0.39 is 22.8 Å². The van der Waals surface area contributed by atoms with Crippen molar-refractivity contribution in [3.63, 3.8) is 0 Å². The van der Waals surface area contributed by atoms with Crippen molar-refractivity contribution in [3.05, 3.63) is 68.5 Å². The molecule has 1 heterocycles. The number of methoxy groups -OCH3 is 2. The summed E-state index contributed by atoms with van der Waals surface area (Å²) in [6.45, 7) is 0.117. The molecule has 2 aromatic carbocycles. The summed E-state index contributed by atoms with van der Waals surface area (Å²) in [6.07, 6.45) is 0. The molecule has 3 aromatic rings. The van der Waals surface area contributed by atoms with Crippen LogP contribution in [0, 0.1) is 5.82 Å². The van der Waals surface area contributed by atoms with Crippen LogP contribution >= 0.6 is 0 Å². The van der Waals surface area contributed by atoms with Gasteiger partial charge < -0.3 is 24.3 Å². The Hall–Kier alpha value is -3.62. The second-order valence-corrected chi connectivity index (χ2v) is 5.93. The topological polar surface area (TPSA) is 102 Å². The van der Waals surface area contributed by atoms with Gasteiger partial charge in [-0.2, -0.15) is 0 Å². The Kier molecular flexibility index (Phi) is 5.44. The molecule has 3 rings (SSSR count). The normalized spacial score (nSPS) is 10.7. The second kappa shape index (κ2) is 7.95. The highest BCUT2D eigenvalue weighted by Gasteiger charge is 2.12. The third-order valence-electron chi connectivity index (χ3n) is 4.17. The molecule has 9 heteroatoms. The van der Waals surface area contributed by atoms with Gasteiger partial charge in [0.25, 0.3) is 5.91 Å². The number of hydrogen-bond donors (Lipinski definition) is 2. The van der Waals surface area contributed by atoms with E-state index >= 15 is 0 Å². The summed E-state index contributed by atoms with van der Waals surface area (Å²) in [5.74, 6) is -0.00858. The van der Waals surface area contributed by atoms with E-state index in [2.05, 4.69) is 10.3 Å². The SMILES string of the molecule is COc1cc(OC)cc(C(=O)NCCn2c(=O)c(=O)[nH]c3cc(F)ccc32)c1. The van der Waals surface area contributed by atoms with Crippen molar-refractivity contribution in [2.24, 2.45) is 0 Å². The van der Waals surface area contributed by atoms with Crippen LogP contribution in [0.25, 0.3) is 11.0 Å². The largest absolute Gasteiger partial charge is 0.497 e. The lowest BCUT2D eigenvalue weighted by atomic mass is 10.2. The number of ether oxygens (including phenoxy) is 2. The van der Waals surface area contributed by atoms with Crippen molar-refractivity contribution >= 4 is 16.9 Å². The highest BCUT2D eigenvalue weighted by molar-refractivity contribution is 5.95. The van der Waals surface area contributed by atoms with Crippen LogP contribution < -0.4 is 25.9 Å². The van der Waals surface area contributed by atoms with Gasteiger partial charge in [0.1, 0.15) is 17.3 Å². The zero-order chi connectivity index (χ0) is 20.3. The zero-order valence-corrected chi connectivity index (χ0v) is 15.2. The number of H-pyrrole nitrogens is 1. The Bertz CT molecular complexity index is 1130. The highest BCUT2D eigenvalue weighted by Crippen LogP contribution is 2.22. The lowest BCUT2D eigenvalue weighted by Gasteiger charge is -2.12. The van der Waals surface area contributed by atoms with Gasteiger partial charge in [0.15, 0.2) is 0 Å². The molecule has 1 aromatic heterocycles. The van der Waals surface area contributed by atoms with Crippen LogP contribution in [0.2, 0.25) is 0 Å². The molecule has 0 bridgehead atoms. The van der Waals surface area contributed by atoms with Gasteiger partial charge in [-0.15, -0.1) is 0 Å². The molecule has 28 heavy (non-hydrogen) atoms. The number of carbonyl (C=O) groups excluding carboxylic acids is 1. The number of rotatable bonds is 6. The molecule has 0 unspecified atom stereocenters. The number of carbonyl (C=O) groups is 1. The van der Waals surface area contributed by atoms with E-state index in [1.807, 2.05) is 0 Å². The van der Waals surface area contributed by atoms with Gasteiger partial charge in [-0.25, -0.2) is 4.39 Å². The predicted octanol–water partition coefficient (Wildman–Crippen LogP) is 1.28. The van der Waals surface area contributed by atoms with Crippen LogP contribution in [0.15, 0.2) is 46.0 Å². The standard InChI is InChI=1S/C19H18FN3O5/c1-27-13-7-11(8-14(10-13)28-2)17(24)21-5-6-23-16-4-3-12(20)9-15(16)22-18(25)19(23)26/h3-4,7-10H,5-6H2,1-2H3,(H,21,24)(H,22,25). The molecule has 0 radical (unpaired) electrons. The van der Waals surface area contributed by atoms with Crippen LogP contribution in [-0.4, -0.2) is 36.2 Å². The number of halogens is 1. The van der Waals surface area contributed by atoms with E-state index in [9.17, 15) is 18.8 Å². The predicted molar refractivity (Wildman–Crippen MR) is 101 cm³/mol. The molecule has 1 amide bonds. The lowest BCUT2D eigenvalue weighted by Crippen LogP contribution is -2.39. The number of benzene rings is 2. The number of fused-ring (bicyclic) bond motifs is 1. The van der Waals surface area contributed by atoms with Gasteiger partial charge in [-0.3, -0.25) is 14.4 Å². The van der Waals surface area contributed by atoms with E-state index in [0.29, 0.717) is 22.6 Å². The molecule has 0 aliphatic rings. The van der Waals surface area contributed by atoms with E-state index in [-0.39, 0.29) is 18.6 Å². The van der Waals surface area contributed by atoms with E-state index in [4.69, 9.17) is 9.47 Å². The average molecular weight is 387 g/mol. The third-order valence-corrected chi connectivity index (χ3v) is 4.17. The van der Waals surface area contributed by atoms with Crippen molar-refractivity contribution in [2.75, 3.05) is 20.8 Å². The molecule has 8 nitrogen and oxygen atoms in total. The number of aromatic nitrogens is 2. The summed E-state index contributed by atoms with van der Waals surface area (Å²) in [5.41, 5.74) is -0.753. The summed E-state index contributed by atoms with van der Waals surface area (Å²) in [5, 5.41) is 2.68. The van der Waals surface area contributed by atoms with Crippen LogP contribution in [0.5, 0.6) is 11.5 Å². The van der Waals surface area contributed by atoms with E-state index in [1.165, 1.54) is 30.9 Å². The van der Waals surface area contributed by atoms with E-state index in [1.54, 1.807) is 18.2 Å². The summed E-state index contributed by atoms with van der Waals surface area (Å²) < 4.78 is 24.8. The van der Waals surface area contributed by atoms with Gasteiger partial charge in [-0.05, 0) is 30.3 Å². The Morgan fingerprint density at radius 2 is 1.79 bits per heavy atom. The van der Waals surface area contributed by atoms with E-state index in [0.717, 1.165) is 6.07 Å². The van der Waals surface area contributed by atoms with Crippen LogP contribution in [0.3, 0.4) is 0 Å². The summed E-state index contributed by atoms with van der Waals surface area (Å²) in [4.78, 5) is 38.7. The lowest BCUT2D eigenvalue weighted by molar-refractivity contribution is 0.0951. The number of aromatic amines is 1. The van der Waals surface area contributed by atoms with Gasteiger partial charge >= 0.3 is 11.1 Å². The minimum absolute atomic E-state index is 0.0394. The minimum Gasteiger partial charge on any atom is -0.497 e. The number of hydrogen-bond acceptors (Lipinski definition) is 5. The molecule has 0 aliphatic carbocycles. The first kappa shape index (κ1) is 19.2. The number of amides is 1. The van der Waals surface area contributed by atoms with Crippen LogP contribution in [-0.2, 0) is 6.54 Å². The van der Waals surface area contributed by atoms with Crippen LogP contribution in [0.1, 0.15) is 10.4 Å². The number of nitrogens with one attached hydrogen (secondary N) is 2. The Morgan fingerprint density at radius 3 is 2.43 bits per heavy atom. The zero-order valence-electron chi connectivity index (χ0n) is 15.2. The first-order valence-corrected chi connectivity index (χ1v) is 8.36. The Labute approximate surface area is 158 Å². The van der Waals surface area contributed by atoms with Gasteiger partial charge in [-0.1, -0.05) is 0 Å². The fraction of sp³-hybridized carbons (Fsp3) is 0.211. The quantitative estimate of drug-likeness (QED) is 0.621. The first-order valence-electron chi connectivity index (χ1n) is 8.36. The van der Waals surface area contributed by atoms with Crippen molar-refractivity contribution < 1.29 is 18.7 Å². The second-order valence-electron chi connectivity index (χ2n) is 5.93. The maximum Gasteiger partial charge on any atom is 0.316 e. The summed E-state index contributed by atoms with van der Waals surface area (Å²) >= 11 is 0. The Balaban J connectivity index is 1.80. The molecular formula is C19H18FN3O5. The van der Waals surface area contributed by atoms with Crippen molar-refractivity contribution in [3.8, 4) is 11.5 Å². The molecule has 0 aliphatic heterocycles. The molecule has 146 valence electrons. The molecule has 0 saturated heterocycles. The Morgan fingerprint density at radius 1 is 1.11 bits per heavy atom. The van der Waals surface area contributed by atoms with Gasteiger partial charge in [0, 0.05) is 24.7 Å². The monoisotopic (exact) mass is 387 g/mol. The molecule has 2 N–H and O–H groups in total. The summed E-state index contributed by atoms with van der Waals surface area (Å²) in [7, 11) is 2.95. The highest BCUT2D eigenvalue weighted by atomic mass is 19.1. The molecule has 0 fully saturated rings. The molecule has 0 atom stereocenters. The van der Waals surface area contributed by atoms with Crippen molar-refractivity contribution in [2.45, 2.75) is 6.54 Å². The number of nitrogens with zero attached hydrogens (tertiary/aromatic N) is 1. The van der Waals surface area contributed by atoms with Gasteiger partial charge in [0.2, 0.25) is 0 Å². The minimum atomic E-state index is -0.859. The third kappa shape index (κ3) is 3.88. The fourth-order valence-electron chi connectivity index (χ4n) is 2.80. The molecule has 0 saturated carbocycles. The smallest absolute Gasteiger partial charge is 0.316 e. The van der Waals surface area contributed by atoms with Crippen molar-refractivity contribution in [1.82, 2.24) is 14.9 Å². The summed E-state index contributed by atoms with van der Waals surface area (Å²) in [6, 6.07) is 8.46. The molecule has 0 spiro atoms. The first-order chi connectivity index (χ1) is 13.4. The van der Waals surface area contributed by atoms with Crippen LogP contribution in [0.4, 0.5) is 4.39 Å². The van der Waals surface area contributed by atoms with Gasteiger partial charge in [0.05, 0.1) is 25.3 Å². The fourth-order valence-corrected chi connectivity index (χ4v) is 2.80. The maximum atomic E-state index is 13.4. The maximum absolute atomic E-state index is 13.4.